The largest absolute Gasteiger partial charge is 0.461 e. The van der Waals surface area contributed by atoms with Gasteiger partial charge in [0.1, 0.15) is 11.2 Å². The van der Waals surface area contributed by atoms with Crippen molar-refractivity contribution in [1.29, 1.82) is 0 Å². The number of carbonyl (C=O) groups excluding carboxylic acids is 3. The minimum Gasteiger partial charge on any atom is -0.461 e. The molecule has 2 amide bonds. The van der Waals surface area contributed by atoms with E-state index in [2.05, 4.69) is 24.3 Å². The number of carbonyl (C=O) groups is 3. The van der Waals surface area contributed by atoms with Gasteiger partial charge in [-0.3, -0.25) is 19.2 Å². The van der Waals surface area contributed by atoms with Crippen LogP contribution < -0.4 is 19.7 Å². The Morgan fingerprint density at radius 2 is 2.00 bits per heavy atom. The summed E-state index contributed by atoms with van der Waals surface area (Å²) >= 11 is 0. The predicted molar refractivity (Wildman–Crippen MR) is 118 cm³/mol. The molecule has 0 saturated carbocycles. The molecule has 0 spiro atoms. The van der Waals surface area contributed by atoms with Crippen molar-refractivity contribution in [2.24, 2.45) is 5.92 Å². The number of fused-ring (bicyclic) bond motifs is 2. The highest BCUT2D eigenvalue weighted by atomic mass is 16.7. The molecule has 3 heterocycles. The van der Waals surface area contributed by atoms with E-state index in [4.69, 9.17) is 14.2 Å². The highest BCUT2D eigenvalue weighted by molar-refractivity contribution is 6.12. The molecule has 0 saturated heterocycles. The molecule has 0 bridgehead atoms. The zero-order chi connectivity index (χ0) is 23.8. The van der Waals surface area contributed by atoms with E-state index in [0.717, 1.165) is 6.42 Å². The lowest BCUT2D eigenvalue weighted by atomic mass is 9.93. The van der Waals surface area contributed by atoms with Crippen LogP contribution in [0.3, 0.4) is 0 Å². The van der Waals surface area contributed by atoms with Crippen LogP contribution in [0.2, 0.25) is 0 Å². The third-order valence-electron chi connectivity index (χ3n) is 5.75. The van der Waals surface area contributed by atoms with Gasteiger partial charge in [0, 0.05) is 24.4 Å². The van der Waals surface area contributed by atoms with Gasteiger partial charge in [-0.15, -0.1) is 0 Å². The third kappa shape index (κ3) is 4.12. The number of nitrogens with one attached hydrogen (secondary N) is 1. The molecule has 0 fully saturated rings. The Hall–Kier alpha value is -3.56. The first kappa shape index (κ1) is 22.6. The maximum absolute atomic E-state index is 13.7. The van der Waals surface area contributed by atoms with Gasteiger partial charge in [0.25, 0.3) is 5.91 Å². The number of rotatable bonds is 7. The molecule has 10 heteroatoms. The lowest BCUT2D eigenvalue weighted by molar-refractivity contribution is -0.126. The molecule has 1 unspecified atom stereocenters. The van der Waals surface area contributed by atoms with Gasteiger partial charge in [0.15, 0.2) is 17.2 Å². The second-order valence-electron chi connectivity index (χ2n) is 8.68. The number of aromatic nitrogens is 2. The average Bonchev–Trinajstić information content (AvgIpc) is 3.40. The Morgan fingerprint density at radius 1 is 1.24 bits per heavy atom. The Kier molecular flexibility index (Phi) is 6.01. The van der Waals surface area contributed by atoms with E-state index in [9.17, 15) is 14.4 Å². The highest BCUT2D eigenvalue weighted by Gasteiger charge is 2.49. The number of ether oxygens (including phenoxy) is 3. The second-order valence-corrected chi connectivity index (χ2v) is 8.68. The van der Waals surface area contributed by atoms with Crippen LogP contribution in [-0.2, 0) is 16.1 Å². The number of amides is 2. The van der Waals surface area contributed by atoms with Crippen molar-refractivity contribution in [3.05, 3.63) is 35.7 Å². The van der Waals surface area contributed by atoms with Crippen LogP contribution in [0.15, 0.2) is 24.3 Å². The third-order valence-corrected chi connectivity index (χ3v) is 5.75. The van der Waals surface area contributed by atoms with Crippen molar-refractivity contribution in [1.82, 2.24) is 15.1 Å². The first-order valence-corrected chi connectivity index (χ1v) is 11.0. The average molecular weight is 456 g/mol. The van der Waals surface area contributed by atoms with E-state index in [0.29, 0.717) is 29.6 Å². The minimum atomic E-state index is -1.30. The van der Waals surface area contributed by atoms with Crippen molar-refractivity contribution in [2.45, 2.75) is 46.2 Å². The molecule has 33 heavy (non-hydrogen) atoms. The maximum atomic E-state index is 13.7. The first-order valence-electron chi connectivity index (χ1n) is 11.0. The monoisotopic (exact) mass is 456 g/mol. The fraction of sp³-hybridized carbons (Fsp3) is 0.478. The number of anilines is 1. The summed E-state index contributed by atoms with van der Waals surface area (Å²) in [6, 6.07) is 6.50. The van der Waals surface area contributed by atoms with E-state index in [1.54, 1.807) is 32.0 Å². The molecule has 1 atom stereocenters. The Morgan fingerprint density at radius 3 is 2.73 bits per heavy atom. The van der Waals surface area contributed by atoms with Crippen molar-refractivity contribution < 1.29 is 28.6 Å². The smallest absolute Gasteiger partial charge is 0.358 e. The van der Waals surface area contributed by atoms with Crippen LogP contribution >= 0.6 is 0 Å². The fourth-order valence-corrected chi connectivity index (χ4v) is 3.98. The van der Waals surface area contributed by atoms with E-state index >= 15 is 0 Å². The molecule has 1 N–H and O–H groups in total. The van der Waals surface area contributed by atoms with Gasteiger partial charge in [-0.25, -0.2) is 4.79 Å². The summed E-state index contributed by atoms with van der Waals surface area (Å²) in [5.74, 6) is 0.0959. The van der Waals surface area contributed by atoms with E-state index in [1.165, 1.54) is 15.6 Å². The van der Waals surface area contributed by atoms with E-state index < -0.39 is 17.4 Å². The number of nitrogens with zero attached hydrogens (tertiary/aromatic N) is 3. The minimum absolute atomic E-state index is 0.0234. The molecule has 1 aromatic carbocycles. The standard InChI is InChI=1S/C23H28N4O6/c1-5-31-21(29)16-11-17-20(28)27(15-6-7-18-19(10-15)33-13-32-18)23(4,12-26(17)25-16)22(30)24-9-8-14(2)3/h6-7,10-11,14H,5,8-9,12-13H2,1-4H3,(H,24,30). The molecular weight excluding hydrogens is 428 g/mol. The van der Waals surface area contributed by atoms with E-state index in [1.807, 2.05) is 0 Å². The summed E-state index contributed by atoms with van der Waals surface area (Å²) in [5.41, 5.74) is -0.596. The lowest BCUT2D eigenvalue weighted by Gasteiger charge is -2.43. The summed E-state index contributed by atoms with van der Waals surface area (Å²) in [7, 11) is 0. The molecule has 0 aliphatic carbocycles. The number of hydrogen-bond acceptors (Lipinski definition) is 7. The SMILES string of the molecule is CCOC(=O)c1cc2n(n1)CC(C)(C(=O)NCCC(C)C)N(c1ccc3c(c1)OCO3)C2=O. The van der Waals surface area contributed by atoms with Crippen LogP contribution in [-0.4, -0.2) is 53.0 Å². The van der Waals surface area contributed by atoms with Gasteiger partial charge in [0.05, 0.1) is 13.2 Å². The summed E-state index contributed by atoms with van der Waals surface area (Å²) in [4.78, 5) is 40.8. The summed E-state index contributed by atoms with van der Waals surface area (Å²) in [5, 5.41) is 7.22. The lowest BCUT2D eigenvalue weighted by Crippen LogP contribution is -2.64. The zero-order valence-corrected chi connectivity index (χ0v) is 19.2. The van der Waals surface area contributed by atoms with Crippen molar-refractivity contribution >= 4 is 23.5 Å². The summed E-state index contributed by atoms with van der Waals surface area (Å²) < 4.78 is 17.3. The number of benzene rings is 1. The highest BCUT2D eigenvalue weighted by Crippen LogP contribution is 2.39. The van der Waals surface area contributed by atoms with Crippen molar-refractivity contribution in [3.8, 4) is 11.5 Å². The van der Waals surface area contributed by atoms with Crippen LogP contribution in [0.4, 0.5) is 5.69 Å². The number of hydrogen-bond donors (Lipinski definition) is 1. The summed E-state index contributed by atoms with van der Waals surface area (Å²) in [6.45, 7) is 8.36. The normalized spacial score (nSPS) is 18.9. The molecule has 2 aromatic rings. The van der Waals surface area contributed by atoms with Crippen LogP contribution in [0.25, 0.3) is 0 Å². The number of esters is 1. The molecule has 2 aliphatic rings. The van der Waals surface area contributed by atoms with Crippen molar-refractivity contribution in [2.75, 3.05) is 24.8 Å². The zero-order valence-electron chi connectivity index (χ0n) is 19.2. The molecule has 2 aliphatic heterocycles. The van der Waals surface area contributed by atoms with Gasteiger partial charge in [-0.05, 0) is 38.3 Å². The molecule has 4 rings (SSSR count). The predicted octanol–water partition coefficient (Wildman–Crippen LogP) is 2.37. The van der Waals surface area contributed by atoms with Gasteiger partial charge in [-0.2, -0.15) is 5.10 Å². The van der Waals surface area contributed by atoms with Gasteiger partial charge in [-0.1, -0.05) is 13.8 Å². The topological polar surface area (TPSA) is 112 Å². The Balaban J connectivity index is 1.74. The maximum Gasteiger partial charge on any atom is 0.358 e. The molecule has 10 nitrogen and oxygen atoms in total. The summed E-state index contributed by atoms with van der Waals surface area (Å²) in [6.07, 6.45) is 0.805. The first-order chi connectivity index (χ1) is 15.7. The van der Waals surface area contributed by atoms with Crippen LogP contribution in [0, 0.1) is 5.92 Å². The van der Waals surface area contributed by atoms with E-state index in [-0.39, 0.29) is 37.2 Å². The van der Waals surface area contributed by atoms with Gasteiger partial charge < -0.3 is 19.5 Å². The molecule has 1 aromatic heterocycles. The van der Waals surface area contributed by atoms with Gasteiger partial charge in [0.2, 0.25) is 12.7 Å². The quantitative estimate of drug-likeness (QED) is 0.637. The van der Waals surface area contributed by atoms with Crippen LogP contribution in [0.5, 0.6) is 11.5 Å². The Bertz CT molecular complexity index is 1090. The van der Waals surface area contributed by atoms with Gasteiger partial charge >= 0.3 is 5.97 Å². The fourth-order valence-electron chi connectivity index (χ4n) is 3.98. The van der Waals surface area contributed by atoms with Crippen molar-refractivity contribution in [3.63, 3.8) is 0 Å². The molecular formula is C23H28N4O6. The molecule has 176 valence electrons. The van der Waals surface area contributed by atoms with Crippen LogP contribution in [0.1, 0.15) is 55.1 Å². The Labute approximate surface area is 191 Å². The molecule has 0 radical (unpaired) electrons. The second kappa shape index (κ2) is 8.76.